The monoisotopic (exact) mass is 480 g/mol. The Morgan fingerprint density at radius 3 is 2.59 bits per heavy atom. The van der Waals surface area contributed by atoms with Crippen LogP contribution in [0.2, 0.25) is 0 Å². The average Bonchev–Trinajstić information content (AvgIpc) is 2.68. The summed E-state index contributed by atoms with van der Waals surface area (Å²) < 4.78 is 0. The maximum Gasteiger partial charge on any atom is 0.191 e. The van der Waals surface area contributed by atoms with Gasteiger partial charge in [-0.05, 0) is 49.6 Å². The van der Waals surface area contributed by atoms with Gasteiger partial charge in [0, 0.05) is 31.4 Å². The minimum atomic E-state index is 0. The van der Waals surface area contributed by atoms with Gasteiger partial charge in [-0.15, -0.1) is 24.0 Å². The molecule has 1 saturated heterocycles. The number of piperidine rings is 1. The van der Waals surface area contributed by atoms with Gasteiger partial charge in [0.05, 0.1) is 6.54 Å². The molecule has 6 heteroatoms. The number of rotatable bonds is 5. The molecule has 2 aromatic carbocycles. The van der Waals surface area contributed by atoms with E-state index in [0.29, 0.717) is 12.6 Å². The lowest BCUT2D eigenvalue weighted by Crippen LogP contribution is -2.51. The molecule has 2 aromatic rings. The van der Waals surface area contributed by atoms with E-state index in [1.807, 2.05) is 12.1 Å². The number of aliphatic imine (C=N–C) groups is 1. The summed E-state index contributed by atoms with van der Waals surface area (Å²) in [6, 6.07) is 18.2. The molecular formula is C21H29IN4O. The molecule has 1 atom stereocenters. The first-order valence-corrected chi connectivity index (χ1v) is 9.37. The molecule has 1 unspecified atom stereocenters. The first-order valence-electron chi connectivity index (χ1n) is 9.37. The van der Waals surface area contributed by atoms with Crippen molar-refractivity contribution in [2.45, 2.75) is 32.4 Å². The fourth-order valence-corrected chi connectivity index (χ4v) is 3.25. The van der Waals surface area contributed by atoms with Crippen molar-refractivity contribution in [2.75, 3.05) is 24.5 Å². The molecule has 0 bridgehead atoms. The summed E-state index contributed by atoms with van der Waals surface area (Å²) in [5.74, 6) is 1.13. The second-order valence-corrected chi connectivity index (χ2v) is 6.63. The Labute approximate surface area is 178 Å². The van der Waals surface area contributed by atoms with Crippen molar-refractivity contribution in [3.8, 4) is 5.75 Å². The van der Waals surface area contributed by atoms with Crippen LogP contribution in [0.1, 0.15) is 25.3 Å². The van der Waals surface area contributed by atoms with Crippen LogP contribution in [0.25, 0.3) is 0 Å². The number of benzene rings is 2. The standard InChI is InChI=1S/C21H28N4O.HI/c1-2-22-21(23-15-17-10-12-20(26)13-11-17)24-18-7-6-14-25(16-18)19-8-4-3-5-9-19;/h3-5,8-13,18,26H,2,6-7,14-16H2,1H3,(H2,22,23,24);1H. The minimum Gasteiger partial charge on any atom is -0.508 e. The van der Waals surface area contributed by atoms with Crippen molar-refractivity contribution in [2.24, 2.45) is 4.99 Å². The van der Waals surface area contributed by atoms with Gasteiger partial charge in [0.1, 0.15) is 5.75 Å². The second kappa shape index (κ2) is 11.0. The van der Waals surface area contributed by atoms with Gasteiger partial charge in [-0.1, -0.05) is 30.3 Å². The van der Waals surface area contributed by atoms with Crippen LogP contribution in [0.5, 0.6) is 5.75 Å². The fourth-order valence-electron chi connectivity index (χ4n) is 3.25. The van der Waals surface area contributed by atoms with Crippen molar-refractivity contribution in [3.05, 3.63) is 60.2 Å². The van der Waals surface area contributed by atoms with Gasteiger partial charge in [0.25, 0.3) is 0 Å². The molecular weight excluding hydrogens is 451 g/mol. The maximum atomic E-state index is 9.39. The lowest BCUT2D eigenvalue weighted by Gasteiger charge is -2.35. The highest BCUT2D eigenvalue weighted by molar-refractivity contribution is 14.0. The molecule has 0 aromatic heterocycles. The Morgan fingerprint density at radius 1 is 1.15 bits per heavy atom. The Balaban J connectivity index is 0.00000261. The van der Waals surface area contributed by atoms with Crippen LogP contribution in [0.15, 0.2) is 59.6 Å². The number of anilines is 1. The number of guanidine groups is 1. The summed E-state index contributed by atoms with van der Waals surface area (Å²) in [5, 5.41) is 16.3. The van der Waals surface area contributed by atoms with E-state index in [1.54, 1.807) is 12.1 Å². The SMILES string of the molecule is CCNC(=NCc1ccc(O)cc1)NC1CCCN(c2ccccc2)C1.I. The number of aromatic hydroxyl groups is 1. The van der Waals surface area contributed by atoms with E-state index in [-0.39, 0.29) is 29.7 Å². The summed E-state index contributed by atoms with van der Waals surface area (Å²) in [6.45, 7) is 5.58. The molecule has 1 aliphatic rings. The molecule has 1 aliphatic heterocycles. The number of phenols is 1. The molecule has 5 nitrogen and oxygen atoms in total. The molecule has 0 aliphatic carbocycles. The number of hydrogen-bond acceptors (Lipinski definition) is 3. The predicted molar refractivity (Wildman–Crippen MR) is 123 cm³/mol. The molecule has 3 rings (SSSR count). The van der Waals surface area contributed by atoms with E-state index in [2.05, 4.69) is 52.8 Å². The highest BCUT2D eigenvalue weighted by atomic mass is 127. The van der Waals surface area contributed by atoms with Gasteiger partial charge >= 0.3 is 0 Å². The van der Waals surface area contributed by atoms with Crippen LogP contribution in [0.3, 0.4) is 0 Å². The van der Waals surface area contributed by atoms with Crippen molar-refractivity contribution in [1.82, 2.24) is 10.6 Å². The van der Waals surface area contributed by atoms with Gasteiger partial charge in [-0.2, -0.15) is 0 Å². The molecule has 0 saturated carbocycles. The molecule has 0 amide bonds. The highest BCUT2D eigenvalue weighted by Crippen LogP contribution is 2.19. The van der Waals surface area contributed by atoms with Crippen molar-refractivity contribution in [1.29, 1.82) is 0 Å². The van der Waals surface area contributed by atoms with Gasteiger partial charge < -0.3 is 20.6 Å². The third-order valence-electron chi connectivity index (χ3n) is 4.58. The van der Waals surface area contributed by atoms with E-state index in [4.69, 9.17) is 4.99 Å². The van der Waals surface area contributed by atoms with E-state index in [0.717, 1.165) is 37.6 Å². The maximum absolute atomic E-state index is 9.39. The molecule has 0 radical (unpaired) electrons. The zero-order valence-electron chi connectivity index (χ0n) is 15.8. The van der Waals surface area contributed by atoms with Crippen molar-refractivity contribution >= 4 is 35.6 Å². The zero-order chi connectivity index (χ0) is 18.2. The number of nitrogens with zero attached hydrogens (tertiary/aromatic N) is 2. The molecule has 0 spiro atoms. The summed E-state index contributed by atoms with van der Waals surface area (Å²) >= 11 is 0. The van der Waals surface area contributed by atoms with Crippen molar-refractivity contribution in [3.63, 3.8) is 0 Å². The first kappa shape index (κ1) is 21.3. The van der Waals surface area contributed by atoms with Gasteiger partial charge in [-0.25, -0.2) is 4.99 Å². The van der Waals surface area contributed by atoms with Crippen LogP contribution in [0.4, 0.5) is 5.69 Å². The molecule has 27 heavy (non-hydrogen) atoms. The number of nitrogens with one attached hydrogen (secondary N) is 2. The fraction of sp³-hybridized carbons (Fsp3) is 0.381. The molecule has 1 heterocycles. The van der Waals surface area contributed by atoms with Crippen LogP contribution in [-0.4, -0.2) is 36.7 Å². The largest absolute Gasteiger partial charge is 0.508 e. The Morgan fingerprint density at radius 2 is 1.89 bits per heavy atom. The van der Waals surface area contributed by atoms with E-state index >= 15 is 0 Å². The first-order chi connectivity index (χ1) is 12.7. The van der Waals surface area contributed by atoms with Gasteiger partial charge in [0.2, 0.25) is 0 Å². The number of hydrogen-bond donors (Lipinski definition) is 3. The highest BCUT2D eigenvalue weighted by Gasteiger charge is 2.20. The number of para-hydroxylation sites is 1. The van der Waals surface area contributed by atoms with Crippen LogP contribution in [0, 0.1) is 0 Å². The smallest absolute Gasteiger partial charge is 0.191 e. The Kier molecular flexibility index (Phi) is 8.71. The number of phenolic OH excluding ortho intramolecular Hbond substituents is 1. The van der Waals surface area contributed by atoms with Crippen LogP contribution >= 0.6 is 24.0 Å². The Hall–Kier alpha value is -1.96. The van der Waals surface area contributed by atoms with Crippen LogP contribution < -0.4 is 15.5 Å². The Bertz CT molecular complexity index is 706. The summed E-state index contributed by atoms with van der Waals surface area (Å²) in [5.41, 5.74) is 2.36. The van der Waals surface area contributed by atoms with Crippen molar-refractivity contribution < 1.29 is 5.11 Å². The van der Waals surface area contributed by atoms with E-state index in [9.17, 15) is 5.11 Å². The predicted octanol–water partition coefficient (Wildman–Crippen LogP) is 3.73. The summed E-state index contributed by atoms with van der Waals surface area (Å²) in [7, 11) is 0. The molecule has 146 valence electrons. The lowest BCUT2D eigenvalue weighted by molar-refractivity contribution is 0.468. The third kappa shape index (κ3) is 6.61. The topological polar surface area (TPSA) is 59.9 Å². The van der Waals surface area contributed by atoms with Gasteiger partial charge in [-0.3, -0.25) is 0 Å². The normalized spacial score (nSPS) is 17.1. The number of halogens is 1. The quantitative estimate of drug-likeness (QED) is 0.347. The van der Waals surface area contributed by atoms with E-state index < -0.39 is 0 Å². The molecule has 1 fully saturated rings. The third-order valence-corrected chi connectivity index (χ3v) is 4.58. The van der Waals surface area contributed by atoms with Crippen LogP contribution in [-0.2, 0) is 6.54 Å². The van der Waals surface area contributed by atoms with E-state index in [1.165, 1.54) is 12.1 Å². The summed E-state index contributed by atoms with van der Waals surface area (Å²) in [4.78, 5) is 7.13. The second-order valence-electron chi connectivity index (χ2n) is 6.63. The average molecular weight is 480 g/mol. The molecule has 3 N–H and O–H groups in total. The minimum absolute atomic E-state index is 0. The van der Waals surface area contributed by atoms with Gasteiger partial charge in [0.15, 0.2) is 5.96 Å². The zero-order valence-corrected chi connectivity index (χ0v) is 18.1. The summed E-state index contributed by atoms with van der Waals surface area (Å²) in [6.07, 6.45) is 2.32. The lowest BCUT2D eigenvalue weighted by atomic mass is 10.1.